The highest BCUT2D eigenvalue weighted by molar-refractivity contribution is 5.40. The predicted molar refractivity (Wildman–Crippen MR) is 85.0 cm³/mol. The van der Waals surface area contributed by atoms with Gasteiger partial charge in [0.15, 0.2) is 0 Å². The molecule has 117 valence electrons. The van der Waals surface area contributed by atoms with Crippen molar-refractivity contribution in [3.63, 3.8) is 0 Å². The summed E-state index contributed by atoms with van der Waals surface area (Å²) in [6, 6.07) is 7.65. The molecular formula is C18H27O3. The number of carbonyl (C=O) groups excluding carboxylic acids is 1. The minimum Gasteiger partial charge on any atom is -0.493 e. The molecule has 0 bridgehead atoms. The number of ether oxygens (including phenoxy) is 2. The van der Waals surface area contributed by atoms with Gasteiger partial charge in [-0.05, 0) is 12.5 Å². The van der Waals surface area contributed by atoms with Crippen molar-refractivity contribution >= 4 is 6.47 Å². The molecule has 21 heavy (non-hydrogen) atoms. The summed E-state index contributed by atoms with van der Waals surface area (Å²) in [5.74, 6) is 0.802. The summed E-state index contributed by atoms with van der Waals surface area (Å²) in [6.07, 6.45) is 10.3. The lowest BCUT2D eigenvalue weighted by atomic mass is 10.1. The van der Waals surface area contributed by atoms with Crippen molar-refractivity contribution in [2.75, 3.05) is 6.61 Å². The van der Waals surface area contributed by atoms with Gasteiger partial charge in [-0.3, -0.25) is 0 Å². The molecule has 1 aromatic carbocycles. The molecular weight excluding hydrogens is 264 g/mol. The summed E-state index contributed by atoms with van der Waals surface area (Å²) in [5, 5.41) is 0. The zero-order chi connectivity index (χ0) is 15.2. The van der Waals surface area contributed by atoms with Crippen LogP contribution < -0.4 is 4.74 Å². The minimum atomic E-state index is 0.219. The van der Waals surface area contributed by atoms with E-state index in [9.17, 15) is 4.79 Å². The van der Waals surface area contributed by atoms with Crippen molar-refractivity contribution in [1.29, 1.82) is 0 Å². The number of hydrogen-bond acceptors (Lipinski definition) is 3. The molecule has 0 heterocycles. The highest BCUT2D eigenvalue weighted by Gasteiger charge is 2.03. The number of rotatable bonds is 13. The lowest BCUT2D eigenvalue weighted by Gasteiger charge is -2.10. The van der Waals surface area contributed by atoms with Crippen LogP contribution in [0.15, 0.2) is 24.3 Å². The second-order valence-corrected chi connectivity index (χ2v) is 5.30. The average Bonchev–Trinajstić information content (AvgIpc) is 2.52. The fraction of sp³-hybridized carbons (Fsp3) is 0.611. The zero-order valence-electron chi connectivity index (χ0n) is 13.1. The molecule has 0 unspecified atom stereocenters. The third-order valence-corrected chi connectivity index (χ3v) is 3.51. The molecule has 0 spiro atoms. The van der Waals surface area contributed by atoms with E-state index >= 15 is 0 Å². The molecule has 0 N–H and O–H groups in total. The molecule has 1 rings (SSSR count). The van der Waals surface area contributed by atoms with Crippen molar-refractivity contribution in [2.45, 2.75) is 64.9 Å². The van der Waals surface area contributed by atoms with Gasteiger partial charge >= 0.3 is 6.47 Å². The molecule has 0 aliphatic carbocycles. The predicted octanol–water partition coefficient (Wildman–Crippen LogP) is 4.79. The van der Waals surface area contributed by atoms with Gasteiger partial charge in [0.1, 0.15) is 12.4 Å². The van der Waals surface area contributed by atoms with E-state index in [1.165, 1.54) is 51.4 Å². The fourth-order valence-electron chi connectivity index (χ4n) is 2.29. The Hall–Kier alpha value is -1.51. The van der Waals surface area contributed by atoms with Crippen LogP contribution in [-0.2, 0) is 16.1 Å². The second-order valence-electron chi connectivity index (χ2n) is 5.30. The first-order chi connectivity index (χ1) is 10.4. The molecule has 1 aromatic rings. The number of para-hydroxylation sites is 1. The molecule has 0 saturated carbocycles. The summed E-state index contributed by atoms with van der Waals surface area (Å²) in [6.45, 7) is 4.62. The Bertz CT molecular complexity index is 376. The number of unbranched alkanes of at least 4 members (excludes halogenated alkanes) is 7. The van der Waals surface area contributed by atoms with Crippen LogP contribution in [0.3, 0.4) is 0 Å². The summed E-state index contributed by atoms with van der Waals surface area (Å²) in [4.78, 5) is 10.1. The van der Waals surface area contributed by atoms with Gasteiger partial charge in [0.2, 0.25) is 0 Å². The van der Waals surface area contributed by atoms with Crippen molar-refractivity contribution in [3.05, 3.63) is 29.8 Å². The number of hydrogen-bond donors (Lipinski definition) is 0. The third kappa shape index (κ3) is 8.38. The molecule has 0 aliphatic rings. The maximum atomic E-state index is 10.1. The first-order valence-corrected chi connectivity index (χ1v) is 8.08. The summed E-state index contributed by atoms with van der Waals surface area (Å²) in [5.41, 5.74) is 0.889. The first-order valence-electron chi connectivity index (χ1n) is 8.08. The van der Waals surface area contributed by atoms with Crippen molar-refractivity contribution in [3.8, 4) is 5.75 Å². The van der Waals surface area contributed by atoms with Crippen LogP contribution in [-0.4, -0.2) is 13.1 Å². The topological polar surface area (TPSA) is 35.5 Å². The van der Waals surface area contributed by atoms with Crippen LogP contribution in [0.25, 0.3) is 0 Å². The molecule has 3 nitrogen and oxygen atoms in total. The van der Waals surface area contributed by atoms with Crippen molar-refractivity contribution in [1.82, 2.24) is 0 Å². The van der Waals surface area contributed by atoms with E-state index in [1.807, 2.05) is 24.3 Å². The van der Waals surface area contributed by atoms with E-state index in [1.54, 1.807) is 0 Å². The largest absolute Gasteiger partial charge is 0.493 e. The smallest absolute Gasteiger partial charge is 0.417 e. The Morgan fingerprint density at radius 1 is 0.952 bits per heavy atom. The molecule has 0 amide bonds. The SMILES string of the molecule is CCCCCCCCCCOc1ccccc1CO[C]=O. The van der Waals surface area contributed by atoms with Crippen LogP contribution in [0.1, 0.15) is 63.9 Å². The van der Waals surface area contributed by atoms with E-state index in [0.29, 0.717) is 0 Å². The van der Waals surface area contributed by atoms with E-state index in [2.05, 4.69) is 11.7 Å². The standard InChI is InChI=1S/C18H27O3/c1-2-3-4-5-6-7-8-11-14-21-18-13-10-9-12-17(18)15-20-16-19/h9-10,12-13H,2-8,11,14-15H2,1H3. The van der Waals surface area contributed by atoms with Crippen LogP contribution in [0, 0.1) is 0 Å². The van der Waals surface area contributed by atoms with Gasteiger partial charge in [-0.1, -0.05) is 70.1 Å². The molecule has 0 fully saturated rings. The lowest BCUT2D eigenvalue weighted by Crippen LogP contribution is -2.01. The Morgan fingerprint density at radius 3 is 2.33 bits per heavy atom. The monoisotopic (exact) mass is 291 g/mol. The molecule has 0 saturated heterocycles. The van der Waals surface area contributed by atoms with Crippen molar-refractivity contribution < 1.29 is 14.3 Å². The van der Waals surface area contributed by atoms with Gasteiger partial charge in [-0.2, -0.15) is 0 Å². The van der Waals surface area contributed by atoms with E-state index in [0.717, 1.165) is 24.3 Å². The van der Waals surface area contributed by atoms with Gasteiger partial charge in [-0.25, -0.2) is 4.79 Å². The molecule has 0 aromatic heterocycles. The third-order valence-electron chi connectivity index (χ3n) is 3.51. The van der Waals surface area contributed by atoms with Gasteiger partial charge in [0, 0.05) is 5.56 Å². The van der Waals surface area contributed by atoms with Crippen molar-refractivity contribution in [2.24, 2.45) is 0 Å². The highest BCUT2D eigenvalue weighted by Crippen LogP contribution is 2.19. The van der Waals surface area contributed by atoms with Crippen LogP contribution in [0.5, 0.6) is 5.75 Å². The maximum Gasteiger partial charge on any atom is 0.417 e. The highest BCUT2D eigenvalue weighted by atomic mass is 16.5. The summed E-state index contributed by atoms with van der Waals surface area (Å²) in [7, 11) is 0. The van der Waals surface area contributed by atoms with Crippen LogP contribution in [0.2, 0.25) is 0 Å². The molecule has 3 heteroatoms. The Labute approximate surface area is 128 Å². The van der Waals surface area contributed by atoms with Gasteiger partial charge < -0.3 is 9.47 Å². The van der Waals surface area contributed by atoms with E-state index in [4.69, 9.17) is 4.74 Å². The number of benzene rings is 1. The molecule has 0 atom stereocenters. The van der Waals surface area contributed by atoms with E-state index < -0.39 is 0 Å². The van der Waals surface area contributed by atoms with E-state index in [-0.39, 0.29) is 6.61 Å². The minimum absolute atomic E-state index is 0.219. The van der Waals surface area contributed by atoms with Gasteiger partial charge in [0.25, 0.3) is 0 Å². The second kappa shape index (κ2) is 12.2. The Balaban J connectivity index is 2.11. The Morgan fingerprint density at radius 2 is 1.62 bits per heavy atom. The molecule has 1 radical (unpaired) electrons. The molecule has 0 aliphatic heterocycles. The normalized spacial score (nSPS) is 10.3. The first kappa shape index (κ1) is 17.5. The average molecular weight is 291 g/mol. The maximum absolute atomic E-state index is 10.1. The summed E-state index contributed by atoms with van der Waals surface area (Å²) >= 11 is 0. The van der Waals surface area contributed by atoms with Crippen LogP contribution >= 0.6 is 0 Å². The lowest BCUT2D eigenvalue weighted by molar-refractivity contribution is 0.252. The Kier molecular flexibility index (Phi) is 10.2. The fourth-order valence-corrected chi connectivity index (χ4v) is 2.29. The van der Waals surface area contributed by atoms with Gasteiger partial charge in [-0.15, -0.1) is 0 Å². The quantitative estimate of drug-likeness (QED) is 0.490. The summed E-state index contributed by atoms with van der Waals surface area (Å²) < 4.78 is 10.4. The van der Waals surface area contributed by atoms with Gasteiger partial charge in [0.05, 0.1) is 6.61 Å². The zero-order valence-corrected chi connectivity index (χ0v) is 13.1. The van der Waals surface area contributed by atoms with Crippen LogP contribution in [0.4, 0.5) is 0 Å².